The molecule has 164 valence electrons. The van der Waals surface area contributed by atoms with E-state index in [1.165, 1.54) is 12.7 Å². The minimum absolute atomic E-state index is 0.0318. The number of esters is 1. The quantitative estimate of drug-likeness (QED) is 0.538. The van der Waals surface area contributed by atoms with Gasteiger partial charge in [-0.05, 0) is 73.4 Å². The molecule has 1 amide bonds. The summed E-state index contributed by atoms with van der Waals surface area (Å²) in [6.45, 7) is 5.78. The summed E-state index contributed by atoms with van der Waals surface area (Å²) in [4.78, 5) is 26.0. The highest BCUT2D eigenvalue weighted by atomic mass is 16.5. The van der Waals surface area contributed by atoms with Crippen molar-refractivity contribution in [3.8, 4) is 11.1 Å². The molecule has 5 nitrogen and oxygen atoms in total. The molecule has 3 aromatic carbocycles. The van der Waals surface area contributed by atoms with Crippen LogP contribution in [0.25, 0.3) is 11.1 Å². The fraction of sp³-hybridized carbons (Fsp3) is 0.259. The van der Waals surface area contributed by atoms with Gasteiger partial charge in [0, 0.05) is 24.3 Å². The number of anilines is 2. The molecule has 32 heavy (non-hydrogen) atoms. The van der Waals surface area contributed by atoms with E-state index in [1.807, 2.05) is 17.0 Å². The third-order valence-electron chi connectivity index (χ3n) is 6.02. The maximum atomic E-state index is 12.4. The minimum Gasteiger partial charge on any atom is -0.465 e. The van der Waals surface area contributed by atoms with Gasteiger partial charge in [-0.25, -0.2) is 4.79 Å². The van der Waals surface area contributed by atoms with E-state index in [0.717, 1.165) is 34.5 Å². The number of benzene rings is 3. The molecule has 0 saturated carbocycles. The van der Waals surface area contributed by atoms with Crippen molar-refractivity contribution in [1.82, 2.24) is 0 Å². The summed E-state index contributed by atoms with van der Waals surface area (Å²) < 4.78 is 4.79. The zero-order chi connectivity index (χ0) is 22.8. The van der Waals surface area contributed by atoms with Crippen LogP contribution in [0.3, 0.4) is 0 Å². The van der Waals surface area contributed by atoms with Gasteiger partial charge in [-0.15, -0.1) is 0 Å². The highest BCUT2D eigenvalue weighted by molar-refractivity contribution is 5.94. The molecule has 0 unspecified atom stereocenters. The van der Waals surface area contributed by atoms with E-state index in [4.69, 9.17) is 4.74 Å². The summed E-state index contributed by atoms with van der Waals surface area (Å²) in [5.41, 5.74) is 6.95. The molecule has 1 aliphatic heterocycles. The van der Waals surface area contributed by atoms with Crippen molar-refractivity contribution in [3.05, 3.63) is 83.4 Å². The smallest absolute Gasteiger partial charge is 0.337 e. The van der Waals surface area contributed by atoms with Crippen LogP contribution in [0.5, 0.6) is 0 Å². The molecule has 1 heterocycles. The molecule has 0 fully saturated rings. The highest BCUT2D eigenvalue weighted by Gasteiger charge is 2.32. The molecule has 0 aliphatic carbocycles. The number of carbonyl (C=O) groups excluding carboxylic acids is 2. The standard InChI is InChI=1S/C27H28N2O3/c1-17-6-5-7-21(14-17)22-10-13-26-24(16-22)25(15-18(2)29(26)19(3)30)28-23-11-8-20(9-12-23)27(31)32-4/h5-14,16,18,25,28H,15H2,1-4H3/t18-,25+/m0/s1. The van der Waals surface area contributed by atoms with Crippen molar-refractivity contribution >= 4 is 23.3 Å². The normalized spacial score (nSPS) is 17.4. The number of hydrogen-bond donors (Lipinski definition) is 1. The second-order valence-electron chi connectivity index (χ2n) is 8.38. The summed E-state index contributed by atoms with van der Waals surface area (Å²) in [6, 6.07) is 22.1. The fourth-order valence-electron chi connectivity index (χ4n) is 4.51. The van der Waals surface area contributed by atoms with Crippen molar-refractivity contribution in [2.24, 2.45) is 0 Å². The second-order valence-corrected chi connectivity index (χ2v) is 8.38. The van der Waals surface area contributed by atoms with Crippen LogP contribution in [0, 0.1) is 6.92 Å². The Morgan fingerprint density at radius 2 is 1.72 bits per heavy atom. The number of methoxy groups -OCH3 is 1. The van der Waals surface area contributed by atoms with Crippen LogP contribution in [0.2, 0.25) is 0 Å². The van der Waals surface area contributed by atoms with Crippen molar-refractivity contribution in [2.75, 3.05) is 17.3 Å². The molecule has 3 aromatic rings. The summed E-state index contributed by atoms with van der Waals surface area (Å²) in [5, 5.41) is 3.61. The monoisotopic (exact) mass is 428 g/mol. The lowest BCUT2D eigenvalue weighted by Crippen LogP contribution is -2.43. The first-order valence-corrected chi connectivity index (χ1v) is 10.8. The summed E-state index contributed by atoms with van der Waals surface area (Å²) in [6.07, 6.45) is 0.780. The zero-order valence-corrected chi connectivity index (χ0v) is 18.9. The van der Waals surface area contributed by atoms with Gasteiger partial charge in [0.05, 0.1) is 18.7 Å². The Bertz CT molecular complexity index is 1150. The summed E-state index contributed by atoms with van der Waals surface area (Å²) in [5.74, 6) is -0.309. The number of fused-ring (bicyclic) bond motifs is 1. The molecular formula is C27H28N2O3. The molecule has 5 heteroatoms. The van der Waals surface area contributed by atoms with Crippen LogP contribution in [-0.2, 0) is 9.53 Å². The van der Waals surface area contributed by atoms with Gasteiger partial charge in [0.15, 0.2) is 0 Å². The van der Waals surface area contributed by atoms with Crippen LogP contribution >= 0.6 is 0 Å². The van der Waals surface area contributed by atoms with E-state index in [1.54, 1.807) is 19.1 Å². The summed E-state index contributed by atoms with van der Waals surface area (Å²) in [7, 11) is 1.38. The van der Waals surface area contributed by atoms with E-state index in [0.29, 0.717) is 5.56 Å². The van der Waals surface area contributed by atoms with Crippen LogP contribution < -0.4 is 10.2 Å². The Hall–Kier alpha value is -3.60. The molecule has 0 spiro atoms. The average molecular weight is 429 g/mol. The lowest BCUT2D eigenvalue weighted by Gasteiger charge is -2.39. The molecule has 1 N–H and O–H groups in total. The van der Waals surface area contributed by atoms with E-state index >= 15 is 0 Å². The first kappa shape index (κ1) is 21.6. The summed E-state index contributed by atoms with van der Waals surface area (Å²) >= 11 is 0. The van der Waals surface area contributed by atoms with E-state index in [9.17, 15) is 9.59 Å². The Labute approximate surface area is 189 Å². The van der Waals surface area contributed by atoms with Crippen molar-refractivity contribution < 1.29 is 14.3 Å². The maximum Gasteiger partial charge on any atom is 0.337 e. The number of nitrogens with zero attached hydrogens (tertiary/aromatic N) is 1. The number of rotatable bonds is 4. The first-order chi connectivity index (χ1) is 15.4. The largest absolute Gasteiger partial charge is 0.465 e. The third-order valence-corrected chi connectivity index (χ3v) is 6.02. The number of hydrogen-bond acceptors (Lipinski definition) is 4. The second kappa shape index (κ2) is 8.87. The molecule has 1 aliphatic rings. The van der Waals surface area contributed by atoms with Crippen molar-refractivity contribution in [3.63, 3.8) is 0 Å². The number of ether oxygens (including phenoxy) is 1. The molecule has 2 atom stereocenters. The minimum atomic E-state index is -0.354. The first-order valence-electron chi connectivity index (χ1n) is 10.8. The Kier molecular flexibility index (Phi) is 5.99. The zero-order valence-electron chi connectivity index (χ0n) is 18.9. The van der Waals surface area contributed by atoms with Gasteiger partial charge in [0.2, 0.25) is 5.91 Å². The Balaban J connectivity index is 1.72. The molecule has 0 aromatic heterocycles. The van der Waals surface area contributed by atoms with E-state index < -0.39 is 0 Å². The number of amides is 1. The van der Waals surface area contributed by atoms with Gasteiger partial charge in [-0.1, -0.05) is 35.9 Å². The number of nitrogens with one attached hydrogen (secondary N) is 1. The van der Waals surface area contributed by atoms with Gasteiger partial charge < -0.3 is 15.0 Å². The highest BCUT2D eigenvalue weighted by Crippen LogP contribution is 2.41. The van der Waals surface area contributed by atoms with Crippen LogP contribution in [-0.4, -0.2) is 25.0 Å². The molecule has 0 bridgehead atoms. The Morgan fingerprint density at radius 1 is 1.00 bits per heavy atom. The van der Waals surface area contributed by atoms with Gasteiger partial charge in [-0.3, -0.25) is 4.79 Å². The third kappa shape index (κ3) is 4.24. The molecule has 4 rings (SSSR count). The maximum absolute atomic E-state index is 12.4. The van der Waals surface area contributed by atoms with Gasteiger partial charge in [0.25, 0.3) is 0 Å². The number of carbonyl (C=O) groups is 2. The van der Waals surface area contributed by atoms with Crippen molar-refractivity contribution in [1.29, 1.82) is 0 Å². The molecule has 0 saturated heterocycles. The van der Waals surface area contributed by atoms with Gasteiger partial charge >= 0.3 is 5.97 Å². The van der Waals surface area contributed by atoms with E-state index in [-0.39, 0.29) is 24.0 Å². The number of aryl methyl sites for hydroxylation is 1. The average Bonchev–Trinajstić information content (AvgIpc) is 2.78. The lowest BCUT2D eigenvalue weighted by atomic mass is 9.88. The van der Waals surface area contributed by atoms with E-state index in [2.05, 4.69) is 61.6 Å². The predicted molar refractivity (Wildman–Crippen MR) is 128 cm³/mol. The predicted octanol–water partition coefficient (Wildman–Crippen LogP) is 5.75. The van der Waals surface area contributed by atoms with Crippen molar-refractivity contribution in [2.45, 2.75) is 39.3 Å². The van der Waals surface area contributed by atoms with Gasteiger partial charge in [-0.2, -0.15) is 0 Å². The van der Waals surface area contributed by atoms with Crippen LogP contribution in [0.4, 0.5) is 11.4 Å². The van der Waals surface area contributed by atoms with Crippen LogP contribution in [0.1, 0.15) is 47.8 Å². The lowest BCUT2D eigenvalue weighted by molar-refractivity contribution is -0.117. The fourth-order valence-corrected chi connectivity index (χ4v) is 4.51. The SMILES string of the molecule is COC(=O)c1ccc(N[C@@H]2C[C@H](C)N(C(C)=O)c3ccc(-c4cccc(C)c4)cc32)cc1. The van der Waals surface area contributed by atoms with Gasteiger partial charge in [0.1, 0.15) is 0 Å². The molecule has 0 radical (unpaired) electrons. The van der Waals surface area contributed by atoms with Crippen LogP contribution in [0.15, 0.2) is 66.7 Å². The molecular weight excluding hydrogens is 400 g/mol. The Morgan fingerprint density at radius 3 is 2.38 bits per heavy atom. The topological polar surface area (TPSA) is 58.6 Å².